The third kappa shape index (κ3) is 5.99. The van der Waals surface area contributed by atoms with E-state index in [2.05, 4.69) is 53.6 Å². The normalized spacial score (nSPS) is 10.9. The molecule has 31 heavy (non-hydrogen) atoms. The van der Waals surface area contributed by atoms with Crippen LogP contribution in [0.1, 0.15) is 23.2 Å². The van der Waals surface area contributed by atoms with Gasteiger partial charge in [0.2, 0.25) is 5.88 Å². The summed E-state index contributed by atoms with van der Waals surface area (Å²) in [5.74, 6) is 0.660. The Morgan fingerprint density at radius 2 is 1.71 bits per heavy atom. The molecular weight excluding hydrogens is 386 g/mol. The Morgan fingerprint density at radius 1 is 0.903 bits per heavy atom. The van der Waals surface area contributed by atoms with E-state index >= 15 is 0 Å². The van der Waals surface area contributed by atoms with Crippen molar-refractivity contribution < 1.29 is 4.74 Å². The minimum absolute atomic E-state index is 0.621. The van der Waals surface area contributed by atoms with Gasteiger partial charge in [-0.3, -0.25) is 0 Å². The molecule has 0 aliphatic rings. The largest absolute Gasteiger partial charge is 0.478 e. The van der Waals surface area contributed by atoms with E-state index in [1.54, 1.807) is 11.0 Å². The van der Waals surface area contributed by atoms with Crippen molar-refractivity contribution in [2.75, 3.05) is 13.2 Å². The summed E-state index contributed by atoms with van der Waals surface area (Å²) in [5, 5.41) is 13.0. The molecule has 0 fully saturated rings. The van der Waals surface area contributed by atoms with Crippen molar-refractivity contribution in [2.45, 2.75) is 26.4 Å². The number of rotatable bonds is 10. The van der Waals surface area contributed by atoms with E-state index in [4.69, 9.17) is 14.9 Å². The lowest BCUT2D eigenvalue weighted by Gasteiger charge is -2.06. The van der Waals surface area contributed by atoms with Crippen LogP contribution in [-0.4, -0.2) is 33.1 Å². The number of nitrogens with zero attached hydrogens (tertiary/aromatic N) is 4. The minimum atomic E-state index is 0.621. The first-order chi connectivity index (χ1) is 15.3. The monoisotopic (exact) mass is 413 g/mol. The molecule has 0 radical (unpaired) electrons. The summed E-state index contributed by atoms with van der Waals surface area (Å²) in [6.45, 7) is 4.84. The zero-order chi connectivity index (χ0) is 21.3. The molecule has 0 bridgehead atoms. The molecule has 6 heteroatoms. The average Bonchev–Trinajstić information content (AvgIpc) is 3.21. The first-order valence-electron chi connectivity index (χ1n) is 10.6. The van der Waals surface area contributed by atoms with Crippen molar-refractivity contribution in [2.24, 2.45) is 0 Å². The zero-order valence-corrected chi connectivity index (χ0v) is 17.7. The van der Waals surface area contributed by atoms with Crippen LogP contribution in [-0.2, 0) is 13.1 Å². The number of nitrogens with one attached hydrogen (secondary N) is 1. The molecule has 6 nitrogen and oxygen atoms in total. The molecule has 4 rings (SSSR count). The number of hydrogen-bond donors (Lipinski definition) is 1. The first-order valence-corrected chi connectivity index (χ1v) is 10.6. The topological polar surface area (TPSA) is 64.9 Å². The lowest BCUT2D eigenvalue weighted by molar-refractivity contribution is 0.296. The van der Waals surface area contributed by atoms with Gasteiger partial charge in [0.05, 0.1) is 13.2 Å². The molecular formula is C25H27N5O. The van der Waals surface area contributed by atoms with Crippen molar-refractivity contribution in [3.05, 3.63) is 95.8 Å². The fourth-order valence-corrected chi connectivity index (χ4v) is 3.26. The van der Waals surface area contributed by atoms with Crippen molar-refractivity contribution in [1.29, 1.82) is 0 Å². The van der Waals surface area contributed by atoms with Gasteiger partial charge >= 0.3 is 0 Å². The Hall–Kier alpha value is -3.51. The van der Waals surface area contributed by atoms with Gasteiger partial charge in [-0.05, 0) is 31.5 Å². The van der Waals surface area contributed by atoms with Crippen LogP contribution in [0.4, 0.5) is 0 Å². The Bertz CT molecular complexity index is 1060. The van der Waals surface area contributed by atoms with Crippen LogP contribution in [0.2, 0.25) is 0 Å². The fourth-order valence-electron chi connectivity index (χ4n) is 3.26. The van der Waals surface area contributed by atoms with Gasteiger partial charge in [0, 0.05) is 24.4 Å². The number of ether oxygens (including phenoxy) is 1. The second-order valence-electron chi connectivity index (χ2n) is 7.42. The van der Waals surface area contributed by atoms with E-state index in [0.29, 0.717) is 25.6 Å². The highest BCUT2D eigenvalue weighted by atomic mass is 16.5. The van der Waals surface area contributed by atoms with Gasteiger partial charge < -0.3 is 10.1 Å². The Morgan fingerprint density at radius 3 is 2.48 bits per heavy atom. The predicted molar refractivity (Wildman–Crippen MR) is 122 cm³/mol. The fraction of sp³-hybridized carbons (Fsp3) is 0.240. The second-order valence-corrected chi connectivity index (χ2v) is 7.42. The molecule has 2 aromatic heterocycles. The average molecular weight is 414 g/mol. The summed E-state index contributed by atoms with van der Waals surface area (Å²) in [7, 11) is 0. The number of aryl methyl sites for hydroxylation is 1. The van der Waals surface area contributed by atoms with E-state index in [-0.39, 0.29) is 0 Å². The van der Waals surface area contributed by atoms with Crippen LogP contribution in [0.15, 0.2) is 79.0 Å². The number of hydrogen-bond acceptors (Lipinski definition) is 5. The summed E-state index contributed by atoms with van der Waals surface area (Å²) in [6.07, 6.45) is 2.62. The molecule has 0 saturated carbocycles. The Labute approximate surface area is 182 Å². The number of benzene rings is 2. The number of pyridine rings is 1. The van der Waals surface area contributed by atoms with E-state index in [9.17, 15) is 0 Å². The maximum Gasteiger partial charge on any atom is 0.213 e. The van der Waals surface area contributed by atoms with E-state index in [1.807, 2.05) is 36.4 Å². The van der Waals surface area contributed by atoms with E-state index < -0.39 is 0 Å². The molecule has 0 atom stereocenters. The summed E-state index contributed by atoms with van der Waals surface area (Å²) in [4.78, 5) is 5.95. The van der Waals surface area contributed by atoms with Crippen LogP contribution < -0.4 is 10.1 Å². The first kappa shape index (κ1) is 20.8. The molecule has 2 heterocycles. The van der Waals surface area contributed by atoms with E-state index in [1.165, 1.54) is 11.1 Å². The highest BCUT2D eigenvalue weighted by molar-refractivity contribution is 5.60. The van der Waals surface area contributed by atoms with Crippen molar-refractivity contribution >= 4 is 0 Å². The lowest BCUT2D eigenvalue weighted by atomic mass is 10.1. The molecule has 0 amide bonds. The van der Waals surface area contributed by atoms with Crippen LogP contribution in [0, 0.1) is 6.92 Å². The molecule has 0 saturated heterocycles. The van der Waals surface area contributed by atoms with Gasteiger partial charge in [-0.15, -0.1) is 0 Å². The smallest absolute Gasteiger partial charge is 0.213 e. The van der Waals surface area contributed by atoms with Gasteiger partial charge in [0.15, 0.2) is 0 Å². The Kier molecular flexibility index (Phi) is 7.03. The van der Waals surface area contributed by atoms with Crippen molar-refractivity contribution in [3.63, 3.8) is 0 Å². The molecule has 158 valence electrons. The van der Waals surface area contributed by atoms with Gasteiger partial charge in [-0.25, -0.2) is 4.98 Å². The van der Waals surface area contributed by atoms with Gasteiger partial charge in [-0.1, -0.05) is 66.2 Å². The lowest BCUT2D eigenvalue weighted by Crippen LogP contribution is -2.18. The molecule has 0 unspecified atom stereocenters. The van der Waals surface area contributed by atoms with Crippen LogP contribution in [0.3, 0.4) is 0 Å². The summed E-state index contributed by atoms with van der Waals surface area (Å²) in [6, 6.07) is 24.4. The molecule has 2 aromatic carbocycles. The van der Waals surface area contributed by atoms with Crippen molar-refractivity contribution in [3.8, 4) is 17.1 Å². The van der Waals surface area contributed by atoms with Crippen LogP contribution >= 0.6 is 0 Å². The van der Waals surface area contributed by atoms with Crippen LogP contribution in [0.5, 0.6) is 5.88 Å². The molecule has 0 spiro atoms. The molecule has 4 aromatic rings. The highest BCUT2D eigenvalue weighted by Crippen LogP contribution is 2.20. The van der Waals surface area contributed by atoms with Crippen LogP contribution in [0.25, 0.3) is 11.3 Å². The van der Waals surface area contributed by atoms with E-state index in [0.717, 1.165) is 29.9 Å². The van der Waals surface area contributed by atoms with Gasteiger partial charge in [0.1, 0.15) is 11.4 Å². The SMILES string of the molecule is Cc1ccc(Cn2nc(CNCCCOc3ccccn3)c(-c3ccccc3)n2)cc1. The molecule has 0 aliphatic heterocycles. The molecule has 1 N–H and O–H groups in total. The predicted octanol–water partition coefficient (Wildman–Crippen LogP) is 4.26. The van der Waals surface area contributed by atoms with Gasteiger partial charge in [0.25, 0.3) is 0 Å². The second kappa shape index (κ2) is 10.5. The minimum Gasteiger partial charge on any atom is -0.478 e. The third-order valence-corrected chi connectivity index (χ3v) is 4.89. The molecule has 0 aliphatic carbocycles. The maximum absolute atomic E-state index is 5.65. The summed E-state index contributed by atoms with van der Waals surface area (Å²) >= 11 is 0. The zero-order valence-electron chi connectivity index (χ0n) is 17.7. The highest BCUT2D eigenvalue weighted by Gasteiger charge is 2.13. The maximum atomic E-state index is 5.65. The number of aromatic nitrogens is 4. The standard InChI is InChI=1S/C25H27N5O/c1-20-11-13-21(14-12-20)19-30-28-23(25(29-30)22-8-3-2-4-9-22)18-26-15-7-17-31-24-10-5-6-16-27-24/h2-6,8-14,16,26H,7,15,17-19H2,1H3. The Balaban J connectivity index is 1.37. The van der Waals surface area contributed by atoms with Gasteiger partial charge in [-0.2, -0.15) is 15.0 Å². The summed E-state index contributed by atoms with van der Waals surface area (Å²) in [5.41, 5.74) is 5.38. The summed E-state index contributed by atoms with van der Waals surface area (Å²) < 4.78 is 5.65. The third-order valence-electron chi connectivity index (χ3n) is 4.89. The quantitative estimate of drug-likeness (QED) is 0.394. The van der Waals surface area contributed by atoms with Crippen molar-refractivity contribution in [1.82, 2.24) is 25.3 Å².